The zero-order valence-corrected chi connectivity index (χ0v) is 57.8. The molecule has 1 unspecified atom stereocenters. The van der Waals surface area contributed by atoms with E-state index in [9.17, 15) is 0 Å². The monoisotopic (exact) mass is 1320 g/mol. The molecule has 0 saturated heterocycles. The number of aromatic nitrogens is 1. The van der Waals surface area contributed by atoms with E-state index in [1.54, 1.807) is 0 Å². The van der Waals surface area contributed by atoms with Gasteiger partial charge >= 0.3 is 0 Å². The van der Waals surface area contributed by atoms with Gasteiger partial charge in [0.2, 0.25) is 0 Å². The van der Waals surface area contributed by atoms with Crippen LogP contribution in [0.3, 0.4) is 0 Å². The van der Waals surface area contributed by atoms with Gasteiger partial charge in [-0.3, -0.25) is 0 Å². The average Bonchev–Trinajstić information content (AvgIpc) is 1.51. The van der Waals surface area contributed by atoms with Crippen molar-refractivity contribution >= 4 is 84.4 Å². The first-order valence-electron chi connectivity index (χ1n) is 37.1. The Balaban J connectivity index is 0.688. The average molecular weight is 1320 g/mol. The van der Waals surface area contributed by atoms with Crippen LogP contribution in [0.15, 0.2) is 373 Å². The van der Waals surface area contributed by atoms with E-state index in [1.165, 1.54) is 157 Å². The van der Waals surface area contributed by atoms with Crippen LogP contribution < -0.4 is 19.6 Å². The molecule has 8 aliphatic rings. The summed E-state index contributed by atoms with van der Waals surface area (Å²) < 4.78 is 2.59. The number of nitrogens with zero attached hydrogens (tertiary/aromatic N) is 5. The highest BCUT2D eigenvalue weighted by atomic mass is 15.2. The van der Waals surface area contributed by atoms with Gasteiger partial charge in [-0.05, 0) is 282 Å². The lowest BCUT2D eigenvalue weighted by Crippen LogP contribution is -2.34. The summed E-state index contributed by atoms with van der Waals surface area (Å²) in [6, 6.07) is 104. The molecule has 2 heterocycles. The number of aryl methyl sites for hydroxylation is 1. The van der Waals surface area contributed by atoms with Gasteiger partial charge in [0.25, 0.3) is 0 Å². The number of hydrogen-bond acceptors (Lipinski definition) is 4. The molecule has 1 atom stereocenters. The molecule has 0 fully saturated rings. The molecule has 12 aromatic rings. The van der Waals surface area contributed by atoms with Gasteiger partial charge in [0.15, 0.2) is 0 Å². The zero-order chi connectivity index (χ0) is 68.0. The van der Waals surface area contributed by atoms with Crippen molar-refractivity contribution in [1.82, 2.24) is 4.57 Å². The predicted octanol–water partition coefficient (Wildman–Crippen LogP) is 25.2. The fourth-order valence-corrected chi connectivity index (χ4v) is 18.5. The Kier molecular flexibility index (Phi) is 14.8. The molecule has 1 spiro atoms. The van der Waals surface area contributed by atoms with Gasteiger partial charge in [0, 0.05) is 79.1 Å². The predicted molar refractivity (Wildman–Crippen MR) is 430 cm³/mol. The fourth-order valence-electron chi connectivity index (χ4n) is 18.5. The van der Waals surface area contributed by atoms with Crippen LogP contribution in [0, 0.1) is 0 Å². The van der Waals surface area contributed by atoms with E-state index in [0.29, 0.717) is 0 Å². The van der Waals surface area contributed by atoms with Crippen LogP contribution in [0.5, 0.6) is 0 Å². The highest BCUT2D eigenvalue weighted by Gasteiger charge is 2.52. The molecule has 1 aliphatic heterocycles. The first-order valence-corrected chi connectivity index (χ1v) is 37.1. The molecule has 0 N–H and O–H groups in total. The standard InChI is InChI=1S/C98H77N5/c1-5-25-75(26-6-1)99(76-27-7-2-8-28-76)81-53-57-83(58-54-81)101(85-51-43-67-21-13-14-22-71(67)63-85)79-47-39-69(40-48-79)73-45-61-87-88-62-46-74(66-94(88)98(93(87)65-73)91-35-16-18-38-96(91)103-95-37-17-15-33-89(95)90-34-20-36-92(98)97(90)103)70-41-49-80(50-42-70)102(86-52-44-68-23-19-24-72(68)64-86)84-59-55-82(56-60-84)100(77-29-9-3-10-30-77)78-31-11-4-12-32-78/h1-23,25-39,41-42,45,47,49-50,53-55,57-59,61,63-66H,24,40,43-44,46,48,51-52,56,60,62H2. The Hall–Kier alpha value is -12.2. The molecular formula is C98H77N5. The first kappa shape index (κ1) is 60.8. The van der Waals surface area contributed by atoms with Crippen LogP contribution in [0.1, 0.15) is 109 Å². The lowest BCUT2D eigenvalue weighted by molar-refractivity contribution is 0.738. The maximum Gasteiger partial charge on any atom is 0.0751 e. The molecule has 0 bridgehead atoms. The van der Waals surface area contributed by atoms with E-state index in [1.807, 2.05) is 0 Å². The summed E-state index contributed by atoms with van der Waals surface area (Å²) >= 11 is 0. The van der Waals surface area contributed by atoms with Crippen molar-refractivity contribution in [3.8, 4) is 5.69 Å². The summed E-state index contributed by atoms with van der Waals surface area (Å²) in [6.07, 6.45) is 32.6. The van der Waals surface area contributed by atoms with Crippen molar-refractivity contribution < 1.29 is 0 Å². The normalized spacial score (nSPS) is 17.6. The van der Waals surface area contributed by atoms with E-state index in [-0.39, 0.29) is 0 Å². The summed E-state index contributed by atoms with van der Waals surface area (Å²) in [6.45, 7) is 0. The quantitative estimate of drug-likeness (QED) is 0.108. The highest BCUT2D eigenvalue weighted by molar-refractivity contribution is 6.13. The molecular weight excluding hydrogens is 1250 g/mol. The van der Waals surface area contributed by atoms with Crippen LogP contribution in [0.25, 0.3) is 50.3 Å². The third-order valence-electron chi connectivity index (χ3n) is 23.1. The molecule has 0 amide bonds. The Bertz CT molecular complexity index is 5670. The first-order chi connectivity index (χ1) is 51.1. The van der Waals surface area contributed by atoms with E-state index in [4.69, 9.17) is 0 Å². The maximum absolute atomic E-state index is 2.65. The largest absolute Gasteiger partial charge is 0.318 e. The van der Waals surface area contributed by atoms with Gasteiger partial charge in [-0.2, -0.15) is 0 Å². The highest BCUT2D eigenvalue weighted by Crippen LogP contribution is 2.63. The Morgan fingerprint density at radius 1 is 0.320 bits per heavy atom. The number of hydrogen-bond donors (Lipinski definition) is 0. The lowest BCUT2D eigenvalue weighted by atomic mass is 9.63. The third kappa shape index (κ3) is 10.2. The SMILES string of the molecule is C1=CC2=C(C=C(N(C3=CC=C(N(c4ccccc4)c4ccccc4)CC3)c3ccc(C4=CC5=C(CC4)c4ccc(C6=CC=C(N(C7=Cc8ccccc8CC7)c7ccc(N(c8ccccc8)c8ccccc8)cc7)CC6)cc4C54c5ccccc5-n5c6ccccc6c6cccc4c65)cc3)CC2)C1. The number of para-hydroxylation sites is 7. The molecule has 11 aromatic carbocycles. The number of benzene rings is 11. The van der Waals surface area contributed by atoms with Gasteiger partial charge < -0.3 is 24.2 Å². The van der Waals surface area contributed by atoms with Gasteiger partial charge in [0.05, 0.1) is 22.1 Å². The minimum Gasteiger partial charge on any atom is -0.318 e. The van der Waals surface area contributed by atoms with Gasteiger partial charge in [0.1, 0.15) is 0 Å². The topological polar surface area (TPSA) is 17.9 Å². The second-order valence-electron chi connectivity index (χ2n) is 28.7. The van der Waals surface area contributed by atoms with E-state index < -0.39 is 5.41 Å². The molecule has 0 saturated carbocycles. The van der Waals surface area contributed by atoms with Gasteiger partial charge in [-0.1, -0.05) is 200 Å². The summed E-state index contributed by atoms with van der Waals surface area (Å²) in [5.41, 5.74) is 37.4. The molecule has 5 nitrogen and oxygen atoms in total. The van der Waals surface area contributed by atoms with Gasteiger partial charge in [-0.15, -0.1) is 0 Å². The lowest BCUT2D eigenvalue weighted by Gasteiger charge is -2.41. The Labute approximate surface area is 604 Å². The smallest absolute Gasteiger partial charge is 0.0751 e. The molecule has 0 radical (unpaired) electrons. The second kappa shape index (κ2) is 25.2. The fraction of sp³-hybridized carbons (Fsp3) is 0.122. The third-order valence-corrected chi connectivity index (χ3v) is 23.1. The van der Waals surface area contributed by atoms with Crippen molar-refractivity contribution in [3.63, 3.8) is 0 Å². The molecule has 103 heavy (non-hydrogen) atoms. The summed E-state index contributed by atoms with van der Waals surface area (Å²) in [7, 11) is 0. The van der Waals surface area contributed by atoms with Crippen molar-refractivity contribution in [2.75, 3.05) is 19.6 Å². The van der Waals surface area contributed by atoms with Crippen molar-refractivity contribution in [2.24, 2.45) is 0 Å². The Morgan fingerprint density at radius 2 is 0.845 bits per heavy atom. The van der Waals surface area contributed by atoms with E-state index in [2.05, 4.69) is 358 Å². The molecule has 20 rings (SSSR count). The van der Waals surface area contributed by atoms with Crippen molar-refractivity contribution in [1.29, 1.82) is 0 Å². The molecule has 5 heteroatoms. The summed E-state index contributed by atoms with van der Waals surface area (Å²) in [5.74, 6) is 0. The van der Waals surface area contributed by atoms with E-state index >= 15 is 0 Å². The van der Waals surface area contributed by atoms with Crippen LogP contribution in [0.2, 0.25) is 0 Å². The van der Waals surface area contributed by atoms with Crippen LogP contribution >= 0.6 is 0 Å². The van der Waals surface area contributed by atoms with Crippen LogP contribution in [-0.2, 0) is 11.8 Å². The summed E-state index contributed by atoms with van der Waals surface area (Å²) in [4.78, 5) is 9.97. The second-order valence-corrected chi connectivity index (χ2v) is 28.7. The molecule has 1 aromatic heterocycles. The number of fused-ring (bicyclic) bond motifs is 12. The number of rotatable bonds is 14. The van der Waals surface area contributed by atoms with Gasteiger partial charge in [-0.25, -0.2) is 0 Å². The van der Waals surface area contributed by atoms with Crippen molar-refractivity contribution in [3.05, 3.63) is 417 Å². The number of anilines is 7. The Morgan fingerprint density at radius 3 is 1.53 bits per heavy atom. The van der Waals surface area contributed by atoms with Crippen LogP contribution in [0.4, 0.5) is 39.8 Å². The maximum atomic E-state index is 2.65. The zero-order valence-electron chi connectivity index (χ0n) is 57.8. The molecule has 7 aliphatic carbocycles. The molecule has 494 valence electrons. The van der Waals surface area contributed by atoms with E-state index in [0.717, 1.165) is 87.7 Å². The van der Waals surface area contributed by atoms with Crippen LogP contribution in [-0.4, -0.2) is 4.57 Å². The number of allylic oxidation sites excluding steroid dienone is 19. The van der Waals surface area contributed by atoms with Crippen molar-refractivity contribution in [2.45, 2.75) is 76.0 Å². The summed E-state index contributed by atoms with van der Waals surface area (Å²) in [5, 5.41) is 2.59. The minimum absolute atomic E-state index is 0.588. The minimum atomic E-state index is -0.588.